The van der Waals surface area contributed by atoms with E-state index in [4.69, 9.17) is 19.6 Å². The van der Waals surface area contributed by atoms with Crippen LogP contribution in [0.3, 0.4) is 0 Å². The van der Waals surface area contributed by atoms with Crippen molar-refractivity contribution in [1.29, 1.82) is 0 Å². The molecule has 1 heterocycles. The molecule has 3 aromatic rings. The number of hydrogen-bond acceptors (Lipinski definition) is 5. The molecule has 2 aromatic carbocycles. The molecule has 0 atom stereocenters. The fraction of sp³-hybridized carbons (Fsp3) is 0.250. The van der Waals surface area contributed by atoms with E-state index >= 15 is 0 Å². The Balaban J connectivity index is 1.93. The number of carboxylic acid groups (broad SMARTS) is 1. The smallest absolute Gasteiger partial charge is 0.335 e. The Morgan fingerprint density at radius 1 is 1.00 bits per heavy atom. The molecule has 0 bridgehead atoms. The molecule has 0 aliphatic rings. The molecule has 6 nitrogen and oxygen atoms in total. The van der Waals surface area contributed by atoms with Gasteiger partial charge in [-0.05, 0) is 66.4 Å². The first kappa shape index (κ1) is 21.5. The second kappa shape index (κ2) is 10.5. The lowest BCUT2D eigenvalue weighted by atomic mass is 9.96. The van der Waals surface area contributed by atoms with Gasteiger partial charge in [0, 0.05) is 23.9 Å². The monoisotopic (exact) mass is 407 g/mol. The third-order valence-corrected chi connectivity index (χ3v) is 4.74. The van der Waals surface area contributed by atoms with Crippen molar-refractivity contribution in [3.8, 4) is 28.1 Å². The van der Waals surface area contributed by atoms with Crippen LogP contribution in [0.25, 0.3) is 22.4 Å². The van der Waals surface area contributed by atoms with Crippen molar-refractivity contribution >= 4 is 5.97 Å². The molecule has 0 unspecified atom stereocenters. The van der Waals surface area contributed by atoms with Gasteiger partial charge in [0.25, 0.3) is 0 Å². The summed E-state index contributed by atoms with van der Waals surface area (Å²) in [6.45, 7) is 0.938. The molecular weight excluding hydrogens is 382 g/mol. The van der Waals surface area contributed by atoms with Gasteiger partial charge < -0.3 is 19.7 Å². The summed E-state index contributed by atoms with van der Waals surface area (Å²) in [6.07, 6.45) is 3.48. The SMILES string of the molecule is COc1ccc(-c2ncc(CCCOCCO)cc2-c2ccc(C(=O)O)cc2)cc1. The number of carbonyl (C=O) groups is 1. The Kier molecular flexibility index (Phi) is 7.54. The first-order chi connectivity index (χ1) is 14.6. The first-order valence-corrected chi connectivity index (χ1v) is 9.78. The minimum atomic E-state index is -0.952. The van der Waals surface area contributed by atoms with Gasteiger partial charge in [0.15, 0.2) is 0 Å². The van der Waals surface area contributed by atoms with E-state index in [-0.39, 0.29) is 12.2 Å². The van der Waals surface area contributed by atoms with Crippen LogP contribution in [0.1, 0.15) is 22.3 Å². The molecule has 30 heavy (non-hydrogen) atoms. The lowest BCUT2D eigenvalue weighted by Crippen LogP contribution is -2.02. The minimum Gasteiger partial charge on any atom is -0.497 e. The van der Waals surface area contributed by atoms with Crippen LogP contribution in [0.2, 0.25) is 0 Å². The lowest BCUT2D eigenvalue weighted by Gasteiger charge is -2.13. The highest BCUT2D eigenvalue weighted by Gasteiger charge is 2.12. The first-order valence-electron chi connectivity index (χ1n) is 9.78. The highest BCUT2D eigenvalue weighted by atomic mass is 16.5. The summed E-state index contributed by atoms with van der Waals surface area (Å²) >= 11 is 0. The van der Waals surface area contributed by atoms with Gasteiger partial charge in [-0.3, -0.25) is 4.98 Å². The molecule has 0 aliphatic carbocycles. The molecule has 0 spiro atoms. The summed E-state index contributed by atoms with van der Waals surface area (Å²) in [7, 11) is 1.63. The zero-order valence-corrected chi connectivity index (χ0v) is 16.9. The molecule has 0 saturated heterocycles. The molecule has 0 radical (unpaired) electrons. The maximum Gasteiger partial charge on any atom is 0.335 e. The van der Waals surface area contributed by atoms with Crippen molar-refractivity contribution in [2.75, 3.05) is 26.9 Å². The number of aromatic carboxylic acids is 1. The maximum absolute atomic E-state index is 11.2. The van der Waals surface area contributed by atoms with E-state index in [9.17, 15) is 9.90 Å². The molecule has 3 rings (SSSR count). The number of nitrogens with zero attached hydrogens (tertiary/aromatic N) is 1. The number of hydrogen-bond donors (Lipinski definition) is 2. The van der Waals surface area contributed by atoms with Crippen LogP contribution in [0.4, 0.5) is 0 Å². The van der Waals surface area contributed by atoms with Gasteiger partial charge in [-0.2, -0.15) is 0 Å². The lowest BCUT2D eigenvalue weighted by molar-refractivity contribution is 0.0697. The highest BCUT2D eigenvalue weighted by molar-refractivity contribution is 5.89. The van der Waals surface area contributed by atoms with E-state index < -0.39 is 5.97 Å². The standard InChI is InChI=1S/C24H25NO5/c1-29-21-10-8-19(9-11-21)23-22(18-4-6-20(7-5-18)24(27)28)15-17(16-25-23)3-2-13-30-14-12-26/h4-11,15-16,26H,2-3,12-14H2,1H3,(H,27,28). The molecule has 0 amide bonds. The molecule has 0 saturated carbocycles. The number of benzene rings is 2. The fourth-order valence-corrected chi connectivity index (χ4v) is 3.18. The predicted molar refractivity (Wildman–Crippen MR) is 115 cm³/mol. The normalized spacial score (nSPS) is 10.7. The van der Waals surface area contributed by atoms with Crippen molar-refractivity contribution in [2.45, 2.75) is 12.8 Å². The molecule has 0 aliphatic heterocycles. The second-order valence-corrected chi connectivity index (χ2v) is 6.79. The van der Waals surface area contributed by atoms with E-state index in [1.165, 1.54) is 0 Å². The van der Waals surface area contributed by atoms with Crippen molar-refractivity contribution < 1.29 is 24.5 Å². The van der Waals surface area contributed by atoms with E-state index in [0.29, 0.717) is 13.2 Å². The van der Waals surface area contributed by atoms with E-state index in [1.807, 2.05) is 42.6 Å². The zero-order valence-electron chi connectivity index (χ0n) is 16.9. The van der Waals surface area contributed by atoms with Crippen LogP contribution in [0.5, 0.6) is 5.75 Å². The summed E-state index contributed by atoms with van der Waals surface area (Å²) in [5.41, 5.74) is 4.92. The summed E-state index contributed by atoms with van der Waals surface area (Å²) < 4.78 is 10.6. The average molecular weight is 407 g/mol. The van der Waals surface area contributed by atoms with Gasteiger partial charge >= 0.3 is 5.97 Å². The number of aliphatic hydroxyl groups excluding tert-OH is 1. The molecule has 6 heteroatoms. The highest BCUT2D eigenvalue weighted by Crippen LogP contribution is 2.32. The Hall–Kier alpha value is -3.22. The topological polar surface area (TPSA) is 88.9 Å². The zero-order chi connectivity index (χ0) is 21.3. The van der Waals surface area contributed by atoms with Crippen LogP contribution in [0, 0.1) is 0 Å². The van der Waals surface area contributed by atoms with Gasteiger partial charge in [0.1, 0.15) is 5.75 Å². The van der Waals surface area contributed by atoms with Crippen molar-refractivity contribution in [3.63, 3.8) is 0 Å². The number of aliphatic hydroxyl groups is 1. The number of carboxylic acids is 1. The van der Waals surface area contributed by atoms with Gasteiger partial charge in [-0.15, -0.1) is 0 Å². The van der Waals surface area contributed by atoms with Crippen molar-refractivity contribution in [2.24, 2.45) is 0 Å². The van der Waals surface area contributed by atoms with E-state index in [0.717, 1.165) is 46.5 Å². The summed E-state index contributed by atoms with van der Waals surface area (Å²) in [5.74, 6) is -0.183. The summed E-state index contributed by atoms with van der Waals surface area (Å²) in [6, 6.07) is 16.6. The van der Waals surface area contributed by atoms with Crippen molar-refractivity contribution in [1.82, 2.24) is 4.98 Å². The van der Waals surface area contributed by atoms with Crippen molar-refractivity contribution in [3.05, 3.63) is 71.9 Å². The number of ether oxygens (including phenoxy) is 2. The van der Waals surface area contributed by atoms with Gasteiger partial charge in [0.05, 0.1) is 31.6 Å². The third kappa shape index (κ3) is 5.43. The van der Waals surface area contributed by atoms with Gasteiger partial charge in [0.2, 0.25) is 0 Å². The largest absolute Gasteiger partial charge is 0.497 e. The average Bonchev–Trinajstić information content (AvgIpc) is 2.79. The fourth-order valence-electron chi connectivity index (χ4n) is 3.18. The predicted octanol–water partition coefficient (Wildman–Crippen LogP) is 4.06. The van der Waals surface area contributed by atoms with Crippen LogP contribution in [-0.2, 0) is 11.2 Å². The number of rotatable bonds is 10. The van der Waals surface area contributed by atoms with Gasteiger partial charge in [-0.1, -0.05) is 12.1 Å². The molecule has 2 N–H and O–H groups in total. The minimum absolute atomic E-state index is 0.0224. The van der Waals surface area contributed by atoms with Crippen LogP contribution in [0.15, 0.2) is 60.8 Å². The van der Waals surface area contributed by atoms with Crippen LogP contribution >= 0.6 is 0 Å². The third-order valence-electron chi connectivity index (χ3n) is 4.74. The number of pyridine rings is 1. The summed E-state index contributed by atoms with van der Waals surface area (Å²) in [4.78, 5) is 15.9. The Morgan fingerprint density at radius 3 is 2.33 bits per heavy atom. The Labute approximate surface area is 175 Å². The number of aromatic nitrogens is 1. The van der Waals surface area contributed by atoms with E-state index in [1.54, 1.807) is 19.2 Å². The second-order valence-electron chi connectivity index (χ2n) is 6.79. The van der Waals surface area contributed by atoms with Crippen LogP contribution < -0.4 is 4.74 Å². The molecule has 1 aromatic heterocycles. The van der Waals surface area contributed by atoms with Gasteiger partial charge in [-0.25, -0.2) is 4.79 Å². The molecule has 0 fully saturated rings. The number of aryl methyl sites for hydroxylation is 1. The quantitative estimate of drug-likeness (QED) is 0.493. The maximum atomic E-state index is 11.2. The summed E-state index contributed by atoms with van der Waals surface area (Å²) in [5, 5.41) is 18.0. The van der Waals surface area contributed by atoms with Crippen LogP contribution in [-0.4, -0.2) is 48.1 Å². The Morgan fingerprint density at radius 2 is 1.70 bits per heavy atom. The number of methoxy groups -OCH3 is 1. The molecular formula is C24H25NO5. The van der Waals surface area contributed by atoms with E-state index in [2.05, 4.69) is 6.07 Å². The molecule has 156 valence electrons. The Bertz CT molecular complexity index is 968.